The van der Waals surface area contributed by atoms with E-state index in [1.54, 1.807) is 0 Å². The van der Waals surface area contributed by atoms with Gasteiger partial charge in [0.05, 0.1) is 0 Å². The first-order chi connectivity index (χ1) is 14.2. The van der Waals surface area contributed by atoms with E-state index in [1.807, 2.05) is 48.2 Å². The average Bonchev–Trinajstić information content (AvgIpc) is 2.78. The molecule has 1 aliphatic heterocycles. The van der Waals surface area contributed by atoms with Gasteiger partial charge in [-0.1, -0.05) is 67.6 Å². The lowest BCUT2D eigenvalue weighted by atomic mass is 10.1. The van der Waals surface area contributed by atoms with Crippen molar-refractivity contribution in [1.82, 2.24) is 9.80 Å². The largest absolute Gasteiger partial charge is 0.481 e. The average molecular weight is 389 g/mol. The fourth-order valence-electron chi connectivity index (χ4n) is 3.88. The van der Waals surface area contributed by atoms with E-state index in [0.29, 0.717) is 6.42 Å². The van der Waals surface area contributed by atoms with Gasteiger partial charge in [0.15, 0.2) is 6.10 Å². The molecule has 4 nitrogen and oxygen atoms in total. The van der Waals surface area contributed by atoms with Gasteiger partial charge in [0, 0.05) is 32.7 Å². The number of rotatable bonds is 6. The molecule has 1 heterocycles. The Morgan fingerprint density at radius 1 is 0.897 bits per heavy atom. The molecule has 1 aliphatic rings. The minimum Gasteiger partial charge on any atom is -0.481 e. The molecule has 0 aliphatic carbocycles. The van der Waals surface area contributed by atoms with Crippen molar-refractivity contribution in [2.75, 3.05) is 26.2 Å². The second-order valence-corrected chi connectivity index (χ2v) is 7.61. The molecule has 3 aromatic rings. The van der Waals surface area contributed by atoms with E-state index in [1.165, 1.54) is 10.9 Å². The number of benzene rings is 3. The number of hydrogen-bond donors (Lipinski definition) is 0. The fourth-order valence-corrected chi connectivity index (χ4v) is 3.88. The summed E-state index contributed by atoms with van der Waals surface area (Å²) in [6.07, 6.45) is 0.229. The van der Waals surface area contributed by atoms with Crippen LogP contribution in [-0.2, 0) is 11.3 Å². The molecule has 4 heteroatoms. The number of carbonyl (C=O) groups excluding carboxylic acids is 1. The quantitative estimate of drug-likeness (QED) is 0.630. The Labute approximate surface area is 172 Å². The van der Waals surface area contributed by atoms with Crippen LogP contribution >= 0.6 is 0 Å². The third kappa shape index (κ3) is 4.77. The maximum atomic E-state index is 13.0. The molecule has 1 fully saturated rings. The van der Waals surface area contributed by atoms with Crippen molar-refractivity contribution in [3.8, 4) is 5.75 Å². The SMILES string of the molecule is CC[C@@H](Oc1ccc2ccccc2c1)C(=O)N1CCN(Cc2ccccc2)CC1. The summed E-state index contributed by atoms with van der Waals surface area (Å²) in [5, 5.41) is 2.30. The van der Waals surface area contributed by atoms with Crippen molar-refractivity contribution in [1.29, 1.82) is 0 Å². The zero-order valence-corrected chi connectivity index (χ0v) is 17.0. The van der Waals surface area contributed by atoms with Gasteiger partial charge in [0.25, 0.3) is 5.91 Å². The molecule has 3 aromatic carbocycles. The minimum atomic E-state index is -0.433. The smallest absolute Gasteiger partial charge is 0.263 e. The highest BCUT2D eigenvalue weighted by Crippen LogP contribution is 2.22. The Kier molecular flexibility index (Phi) is 6.11. The summed E-state index contributed by atoms with van der Waals surface area (Å²) in [5.74, 6) is 0.853. The van der Waals surface area contributed by atoms with E-state index in [-0.39, 0.29) is 5.91 Å². The van der Waals surface area contributed by atoms with E-state index in [2.05, 4.69) is 41.3 Å². The molecule has 0 bridgehead atoms. The standard InChI is InChI=1S/C25H28N2O2/c1-2-24(29-23-13-12-21-10-6-7-11-22(21)18-23)25(28)27-16-14-26(15-17-27)19-20-8-4-3-5-9-20/h3-13,18,24H,2,14-17,19H2,1H3/t24-/m1/s1. The van der Waals surface area contributed by atoms with Crippen molar-refractivity contribution in [3.63, 3.8) is 0 Å². The Morgan fingerprint density at radius 3 is 2.31 bits per heavy atom. The van der Waals surface area contributed by atoms with Gasteiger partial charge < -0.3 is 9.64 Å². The summed E-state index contributed by atoms with van der Waals surface area (Å²) in [7, 11) is 0. The Balaban J connectivity index is 1.35. The molecule has 29 heavy (non-hydrogen) atoms. The topological polar surface area (TPSA) is 32.8 Å². The summed E-state index contributed by atoms with van der Waals surface area (Å²) < 4.78 is 6.10. The Hall–Kier alpha value is -2.85. The monoisotopic (exact) mass is 388 g/mol. The number of hydrogen-bond acceptors (Lipinski definition) is 3. The van der Waals surface area contributed by atoms with Crippen molar-refractivity contribution in [2.24, 2.45) is 0 Å². The molecular formula is C25H28N2O2. The summed E-state index contributed by atoms with van der Waals surface area (Å²) >= 11 is 0. The van der Waals surface area contributed by atoms with Crippen LogP contribution in [-0.4, -0.2) is 48.0 Å². The van der Waals surface area contributed by atoms with Gasteiger partial charge in [-0.05, 0) is 34.9 Å². The van der Waals surface area contributed by atoms with Crippen LogP contribution in [0, 0.1) is 0 Å². The molecule has 4 rings (SSSR count). The number of amides is 1. The number of ether oxygens (including phenoxy) is 1. The lowest BCUT2D eigenvalue weighted by molar-refractivity contribution is -0.140. The van der Waals surface area contributed by atoms with Gasteiger partial charge in [-0.25, -0.2) is 0 Å². The molecular weight excluding hydrogens is 360 g/mol. The number of fused-ring (bicyclic) bond motifs is 1. The maximum Gasteiger partial charge on any atom is 0.263 e. The van der Waals surface area contributed by atoms with E-state index >= 15 is 0 Å². The summed E-state index contributed by atoms with van der Waals surface area (Å²) in [4.78, 5) is 17.4. The second kappa shape index (κ2) is 9.10. The van der Waals surface area contributed by atoms with Gasteiger partial charge >= 0.3 is 0 Å². The highest BCUT2D eigenvalue weighted by Gasteiger charge is 2.27. The van der Waals surface area contributed by atoms with Crippen LogP contribution in [0.25, 0.3) is 10.8 Å². The number of nitrogens with zero attached hydrogens (tertiary/aromatic N) is 2. The summed E-state index contributed by atoms with van der Waals surface area (Å²) in [5.41, 5.74) is 1.32. The molecule has 0 aromatic heterocycles. The van der Waals surface area contributed by atoms with E-state index in [9.17, 15) is 4.79 Å². The zero-order chi connectivity index (χ0) is 20.1. The summed E-state index contributed by atoms with van der Waals surface area (Å²) in [6.45, 7) is 6.25. The number of piperazine rings is 1. The number of carbonyl (C=O) groups is 1. The lowest BCUT2D eigenvalue weighted by Crippen LogP contribution is -2.52. The van der Waals surface area contributed by atoms with Gasteiger partial charge in [0.1, 0.15) is 5.75 Å². The van der Waals surface area contributed by atoms with Crippen LogP contribution in [0.4, 0.5) is 0 Å². The Morgan fingerprint density at radius 2 is 1.59 bits per heavy atom. The van der Waals surface area contributed by atoms with Crippen molar-refractivity contribution in [3.05, 3.63) is 78.4 Å². The van der Waals surface area contributed by atoms with Crippen molar-refractivity contribution >= 4 is 16.7 Å². The molecule has 0 radical (unpaired) electrons. The highest BCUT2D eigenvalue weighted by molar-refractivity contribution is 5.84. The van der Waals surface area contributed by atoms with Gasteiger partial charge in [-0.15, -0.1) is 0 Å². The first-order valence-electron chi connectivity index (χ1n) is 10.4. The molecule has 0 unspecified atom stereocenters. The van der Waals surface area contributed by atoms with Gasteiger partial charge in [-0.3, -0.25) is 9.69 Å². The molecule has 1 amide bonds. The first kappa shape index (κ1) is 19.5. The van der Waals surface area contributed by atoms with E-state index in [4.69, 9.17) is 4.74 Å². The predicted octanol–water partition coefficient (Wildman–Crippen LogP) is 4.34. The second-order valence-electron chi connectivity index (χ2n) is 7.61. The lowest BCUT2D eigenvalue weighted by Gasteiger charge is -2.36. The molecule has 0 saturated carbocycles. The molecule has 0 N–H and O–H groups in total. The fraction of sp³-hybridized carbons (Fsp3) is 0.320. The molecule has 150 valence electrons. The van der Waals surface area contributed by atoms with Crippen LogP contribution in [0.2, 0.25) is 0 Å². The normalized spacial score (nSPS) is 16.0. The zero-order valence-electron chi connectivity index (χ0n) is 17.0. The van der Waals surface area contributed by atoms with Crippen LogP contribution in [0.3, 0.4) is 0 Å². The van der Waals surface area contributed by atoms with Crippen LogP contribution < -0.4 is 4.74 Å². The summed E-state index contributed by atoms with van der Waals surface area (Å²) in [6, 6.07) is 24.7. The van der Waals surface area contributed by atoms with Crippen LogP contribution in [0.5, 0.6) is 5.75 Å². The van der Waals surface area contributed by atoms with Gasteiger partial charge in [-0.2, -0.15) is 0 Å². The third-order valence-electron chi connectivity index (χ3n) is 5.58. The Bertz CT molecular complexity index is 949. The van der Waals surface area contributed by atoms with Crippen LogP contribution in [0.1, 0.15) is 18.9 Å². The minimum absolute atomic E-state index is 0.0972. The third-order valence-corrected chi connectivity index (χ3v) is 5.58. The van der Waals surface area contributed by atoms with Crippen molar-refractivity contribution < 1.29 is 9.53 Å². The molecule has 1 atom stereocenters. The van der Waals surface area contributed by atoms with E-state index in [0.717, 1.165) is 43.9 Å². The first-order valence-corrected chi connectivity index (χ1v) is 10.4. The maximum absolute atomic E-state index is 13.0. The van der Waals surface area contributed by atoms with E-state index < -0.39 is 6.10 Å². The molecule has 1 saturated heterocycles. The van der Waals surface area contributed by atoms with Crippen LogP contribution in [0.15, 0.2) is 72.8 Å². The predicted molar refractivity (Wildman–Crippen MR) is 117 cm³/mol. The van der Waals surface area contributed by atoms with Crippen molar-refractivity contribution in [2.45, 2.75) is 26.0 Å². The highest BCUT2D eigenvalue weighted by atomic mass is 16.5. The van der Waals surface area contributed by atoms with Gasteiger partial charge in [0.2, 0.25) is 0 Å². The molecule has 0 spiro atoms.